The fraction of sp³-hybridized carbons (Fsp3) is 0.111. The smallest absolute Gasteiger partial charge is 0.0460 e. The van der Waals surface area contributed by atoms with Gasteiger partial charge < -0.3 is 9.80 Å². The van der Waals surface area contributed by atoms with Crippen molar-refractivity contribution in [3.05, 3.63) is 144 Å². The van der Waals surface area contributed by atoms with Gasteiger partial charge in [-0.15, -0.1) is 0 Å². The second-order valence-corrected chi connectivity index (χ2v) is 10.2. The summed E-state index contributed by atoms with van der Waals surface area (Å²) in [5.41, 5.74) is 8.44. The largest absolute Gasteiger partial charge is 0.345 e. The number of fused-ring (bicyclic) bond motifs is 2. The molecule has 5 aromatic rings. The highest BCUT2D eigenvalue weighted by Gasteiger charge is 2.15. The Kier molecular flexibility index (Phi) is 6.31. The van der Waals surface area contributed by atoms with Crippen LogP contribution in [0.3, 0.4) is 0 Å². The van der Waals surface area contributed by atoms with E-state index in [1.54, 1.807) is 0 Å². The predicted octanol–water partition coefficient (Wildman–Crippen LogP) is 10.00. The van der Waals surface area contributed by atoms with Gasteiger partial charge in [-0.1, -0.05) is 71.8 Å². The molecule has 5 aromatic carbocycles. The topological polar surface area (TPSA) is 6.48 Å². The van der Waals surface area contributed by atoms with Crippen molar-refractivity contribution in [3.8, 4) is 0 Å². The van der Waals surface area contributed by atoms with Crippen LogP contribution in [0, 0.1) is 6.92 Å². The first-order chi connectivity index (χ1) is 18.5. The standard InChI is InChI=1S/C36H32N2/c1-26-7-6-10-33(15-11-26)38(34-16-12-27(2)13-17-34)35-21-19-32(20-22-35)37(3)36-18-14-30-23-28-8-4-5-9-29(28)24-31(30)25-36/h4-9,11-25H,10H2,1-3H3. The fourth-order valence-corrected chi connectivity index (χ4v) is 5.17. The summed E-state index contributed by atoms with van der Waals surface area (Å²) < 4.78 is 0. The predicted molar refractivity (Wildman–Crippen MR) is 165 cm³/mol. The molecule has 1 aliphatic carbocycles. The molecule has 0 saturated heterocycles. The third kappa shape index (κ3) is 4.73. The molecule has 0 fully saturated rings. The maximum atomic E-state index is 2.36. The van der Waals surface area contributed by atoms with Gasteiger partial charge in [0.1, 0.15) is 0 Å². The first kappa shape index (κ1) is 23.8. The quantitative estimate of drug-likeness (QED) is 0.225. The lowest BCUT2D eigenvalue weighted by Crippen LogP contribution is -2.16. The Balaban J connectivity index is 1.33. The van der Waals surface area contributed by atoms with Crippen LogP contribution in [-0.4, -0.2) is 7.05 Å². The number of rotatable bonds is 5. The van der Waals surface area contributed by atoms with Crippen molar-refractivity contribution in [2.24, 2.45) is 0 Å². The number of nitrogens with zero attached hydrogens (tertiary/aromatic N) is 2. The summed E-state index contributed by atoms with van der Waals surface area (Å²) in [5.74, 6) is 0. The van der Waals surface area contributed by atoms with Crippen molar-refractivity contribution >= 4 is 44.3 Å². The molecule has 1 aliphatic rings. The Morgan fingerprint density at radius 1 is 0.553 bits per heavy atom. The van der Waals surface area contributed by atoms with Gasteiger partial charge >= 0.3 is 0 Å². The Hall–Kier alpha value is -4.56. The molecule has 2 heteroatoms. The molecule has 0 aliphatic heterocycles. The minimum atomic E-state index is 0.884. The SMILES string of the molecule is CC1=CC=C(N(c2ccc(C)cc2)c2ccc(N(C)c3ccc4cc5ccccc5cc4c3)cc2)CC=C1. The molecule has 0 bridgehead atoms. The monoisotopic (exact) mass is 492 g/mol. The van der Waals surface area contributed by atoms with Crippen LogP contribution in [0.1, 0.15) is 18.9 Å². The summed E-state index contributed by atoms with van der Waals surface area (Å²) in [4.78, 5) is 4.62. The highest BCUT2D eigenvalue weighted by molar-refractivity contribution is 5.99. The van der Waals surface area contributed by atoms with Crippen molar-refractivity contribution < 1.29 is 0 Å². The first-order valence-electron chi connectivity index (χ1n) is 13.2. The molecular weight excluding hydrogens is 460 g/mol. The van der Waals surface area contributed by atoms with Crippen LogP contribution < -0.4 is 9.80 Å². The minimum absolute atomic E-state index is 0.884. The van der Waals surface area contributed by atoms with Gasteiger partial charge in [0.15, 0.2) is 0 Å². The number of hydrogen-bond donors (Lipinski definition) is 0. The van der Waals surface area contributed by atoms with Crippen LogP contribution in [0.15, 0.2) is 139 Å². The lowest BCUT2D eigenvalue weighted by molar-refractivity contribution is 1.08. The Morgan fingerprint density at radius 2 is 1.13 bits per heavy atom. The molecule has 0 spiro atoms. The zero-order valence-electron chi connectivity index (χ0n) is 22.2. The highest BCUT2D eigenvalue weighted by Crippen LogP contribution is 2.35. The Labute approximate surface area is 225 Å². The summed E-state index contributed by atoms with van der Waals surface area (Å²) in [6.07, 6.45) is 9.77. The summed E-state index contributed by atoms with van der Waals surface area (Å²) >= 11 is 0. The molecule has 0 aromatic heterocycles. The molecule has 0 atom stereocenters. The van der Waals surface area contributed by atoms with Crippen molar-refractivity contribution in [1.82, 2.24) is 0 Å². The molecular formula is C36H32N2. The molecule has 0 N–H and O–H groups in total. The van der Waals surface area contributed by atoms with Crippen molar-refractivity contribution in [2.75, 3.05) is 16.8 Å². The second-order valence-electron chi connectivity index (χ2n) is 10.2. The van der Waals surface area contributed by atoms with Gasteiger partial charge in [0, 0.05) is 41.9 Å². The van der Waals surface area contributed by atoms with Gasteiger partial charge in [-0.3, -0.25) is 0 Å². The second kappa shape index (κ2) is 10.1. The van der Waals surface area contributed by atoms with Crippen LogP contribution in [0.5, 0.6) is 0 Å². The van der Waals surface area contributed by atoms with E-state index in [1.807, 2.05) is 0 Å². The van der Waals surface area contributed by atoms with Crippen LogP contribution in [-0.2, 0) is 0 Å². The maximum absolute atomic E-state index is 2.36. The van der Waals surface area contributed by atoms with E-state index in [0.29, 0.717) is 0 Å². The van der Waals surface area contributed by atoms with E-state index < -0.39 is 0 Å². The van der Waals surface area contributed by atoms with E-state index in [-0.39, 0.29) is 0 Å². The number of aryl methyl sites for hydroxylation is 1. The number of hydrogen-bond acceptors (Lipinski definition) is 2. The van der Waals surface area contributed by atoms with Crippen LogP contribution in [0.2, 0.25) is 0 Å². The fourth-order valence-electron chi connectivity index (χ4n) is 5.17. The third-order valence-corrected chi connectivity index (χ3v) is 7.40. The molecule has 0 heterocycles. The summed E-state index contributed by atoms with van der Waals surface area (Å²) in [6, 6.07) is 37.5. The third-order valence-electron chi connectivity index (χ3n) is 7.40. The van der Waals surface area contributed by atoms with E-state index in [4.69, 9.17) is 0 Å². The lowest BCUT2D eigenvalue weighted by Gasteiger charge is -2.28. The van der Waals surface area contributed by atoms with Crippen LogP contribution >= 0.6 is 0 Å². The van der Waals surface area contributed by atoms with Gasteiger partial charge in [-0.25, -0.2) is 0 Å². The average Bonchev–Trinajstić information content (AvgIpc) is 3.17. The summed E-state index contributed by atoms with van der Waals surface area (Å²) in [5, 5.41) is 5.07. The molecule has 0 unspecified atom stereocenters. The van der Waals surface area contributed by atoms with E-state index in [2.05, 4.69) is 158 Å². The number of anilines is 4. The van der Waals surface area contributed by atoms with Gasteiger partial charge in [0.2, 0.25) is 0 Å². The zero-order valence-corrected chi connectivity index (χ0v) is 22.2. The number of benzene rings is 5. The van der Waals surface area contributed by atoms with Gasteiger partial charge in [0.05, 0.1) is 0 Å². The van der Waals surface area contributed by atoms with Gasteiger partial charge in [-0.05, 0) is 102 Å². The lowest BCUT2D eigenvalue weighted by atomic mass is 10.0. The summed E-state index contributed by atoms with van der Waals surface area (Å²) in [7, 11) is 2.14. The molecule has 0 radical (unpaired) electrons. The van der Waals surface area contributed by atoms with Gasteiger partial charge in [-0.2, -0.15) is 0 Å². The number of allylic oxidation sites excluding steroid dienone is 5. The molecule has 38 heavy (non-hydrogen) atoms. The molecule has 186 valence electrons. The zero-order chi connectivity index (χ0) is 26.1. The first-order valence-corrected chi connectivity index (χ1v) is 13.2. The van der Waals surface area contributed by atoms with E-state index in [9.17, 15) is 0 Å². The average molecular weight is 493 g/mol. The highest BCUT2D eigenvalue weighted by atomic mass is 15.2. The molecule has 6 rings (SSSR count). The van der Waals surface area contributed by atoms with Gasteiger partial charge in [0.25, 0.3) is 0 Å². The normalized spacial score (nSPS) is 13.2. The van der Waals surface area contributed by atoms with Crippen molar-refractivity contribution in [3.63, 3.8) is 0 Å². The van der Waals surface area contributed by atoms with E-state index in [0.717, 1.165) is 17.8 Å². The van der Waals surface area contributed by atoms with E-state index in [1.165, 1.54) is 49.8 Å². The molecule has 0 amide bonds. The summed E-state index contributed by atoms with van der Waals surface area (Å²) in [6.45, 7) is 4.28. The van der Waals surface area contributed by atoms with Crippen molar-refractivity contribution in [2.45, 2.75) is 20.3 Å². The maximum Gasteiger partial charge on any atom is 0.0460 e. The molecule has 0 saturated carbocycles. The van der Waals surface area contributed by atoms with E-state index >= 15 is 0 Å². The Bertz CT molecular complexity index is 1700. The Morgan fingerprint density at radius 3 is 1.84 bits per heavy atom. The van der Waals surface area contributed by atoms with Crippen molar-refractivity contribution in [1.29, 1.82) is 0 Å². The minimum Gasteiger partial charge on any atom is -0.345 e. The van der Waals surface area contributed by atoms with Crippen LogP contribution in [0.4, 0.5) is 22.7 Å². The van der Waals surface area contributed by atoms with Crippen LogP contribution in [0.25, 0.3) is 21.5 Å². The molecule has 2 nitrogen and oxygen atoms in total.